The number of rotatable bonds is 24. The Labute approximate surface area is 274 Å². The number of nitrogens with zero attached hydrogens (tertiary/aromatic N) is 3. The van der Waals surface area contributed by atoms with Crippen LogP contribution in [0.5, 0.6) is 0 Å². The van der Waals surface area contributed by atoms with E-state index in [1.807, 2.05) is 13.0 Å². The van der Waals surface area contributed by atoms with Crippen molar-refractivity contribution in [3.63, 3.8) is 0 Å². The van der Waals surface area contributed by atoms with Gasteiger partial charge in [0.05, 0.1) is 19.6 Å². The molecular weight excluding hydrogens is 582 g/mol. The highest BCUT2D eigenvalue weighted by Gasteiger charge is 2.31. The number of anilines is 1. The van der Waals surface area contributed by atoms with Gasteiger partial charge in [0.15, 0.2) is 11.5 Å². The fourth-order valence-corrected chi connectivity index (χ4v) is 5.39. The van der Waals surface area contributed by atoms with Gasteiger partial charge in [-0.2, -0.15) is 4.63 Å². The number of aromatic amines is 1. The number of fused-ring (bicyclic) bond motifs is 1. The summed E-state index contributed by atoms with van der Waals surface area (Å²) >= 11 is 0. The molecule has 2 heterocycles. The van der Waals surface area contributed by atoms with Crippen LogP contribution in [-0.4, -0.2) is 50.9 Å². The van der Waals surface area contributed by atoms with E-state index in [1.165, 1.54) is 64.2 Å². The Morgan fingerprint density at radius 1 is 0.783 bits per heavy atom. The van der Waals surface area contributed by atoms with Crippen molar-refractivity contribution in [2.45, 2.75) is 130 Å². The van der Waals surface area contributed by atoms with Gasteiger partial charge in [-0.1, -0.05) is 104 Å². The van der Waals surface area contributed by atoms with E-state index in [0.29, 0.717) is 17.2 Å². The van der Waals surface area contributed by atoms with Gasteiger partial charge in [0.2, 0.25) is 5.91 Å². The van der Waals surface area contributed by atoms with Crippen LogP contribution in [0.15, 0.2) is 30.3 Å². The second kappa shape index (κ2) is 21.2. The molecule has 0 saturated carbocycles. The third-order valence-electron chi connectivity index (χ3n) is 8.15. The zero-order chi connectivity index (χ0) is 33.0. The molecule has 10 nitrogen and oxygen atoms in total. The van der Waals surface area contributed by atoms with E-state index in [-0.39, 0.29) is 19.6 Å². The quantitative estimate of drug-likeness (QED) is 0.0574. The highest BCUT2D eigenvalue weighted by molar-refractivity contribution is 6.06. The van der Waals surface area contributed by atoms with Gasteiger partial charge in [-0.25, -0.2) is 4.98 Å². The van der Waals surface area contributed by atoms with Crippen LogP contribution in [0, 0.1) is 12.8 Å². The number of hydrogen-bond donors (Lipinski definition) is 2. The summed E-state index contributed by atoms with van der Waals surface area (Å²) in [6.07, 6.45) is 17.7. The lowest BCUT2D eigenvalue weighted by Crippen LogP contribution is -2.33. The van der Waals surface area contributed by atoms with Gasteiger partial charge in [0, 0.05) is 23.0 Å². The molecule has 46 heavy (non-hydrogen) atoms. The van der Waals surface area contributed by atoms with E-state index in [9.17, 15) is 14.4 Å². The number of aryl methyl sites for hydroxylation is 1. The predicted molar refractivity (Wildman–Crippen MR) is 181 cm³/mol. The largest absolute Gasteiger partial charge is 0.466 e. The van der Waals surface area contributed by atoms with Gasteiger partial charge in [0.25, 0.3) is 0 Å². The molecule has 0 radical (unpaired) electrons. The van der Waals surface area contributed by atoms with Crippen molar-refractivity contribution in [2.24, 2.45) is 5.92 Å². The molecule has 0 aliphatic heterocycles. The standard InChI is InChI=1S/C36H55N5O5/c1-4-6-8-10-12-14-16-18-24-45-33(42)27-31(36(44)46-25-19-17-15-13-11-9-7-5-2)35(43)37-30-22-20-29(21-23-30)34-38-32-26-28(3)39-41(32)40-34/h20-23,26,31,39H,4-19,24-25,27H2,1-3H3,(H,37,43). The minimum Gasteiger partial charge on any atom is -0.466 e. The van der Waals surface area contributed by atoms with E-state index in [4.69, 9.17) is 9.47 Å². The zero-order valence-corrected chi connectivity index (χ0v) is 28.3. The summed E-state index contributed by atoms with van der Waals surface area (Å²) in [5, 5.41) is 10.3. The van der Waals surface area contributed by atoms with Crippen LogP contribution in [0.2, 0.25) is 0 Å². The summed E-state index contributed by atoms with van der Waals surface area (Å²) in [6, 6.07) is 8.93. The lowest BCUT2D eigenvalue weighted by molar-refractivity contribution is -0.158. The van der Waals surface area contributed by atoms with E-state index < -0.39 is 23.8 Å². The maximum atomic E-state index is 13.3. The smallest absolute Gasteiger partial charge is 0.319 e. The van der Waals surface area contributed by atoms with Gasteiger partial charge in [-0.15, -0.1) is 5.10 Å². The summed E-state index contributed by atoms with van der Waals surface area (Å²) < 4.78 is 12.5. The number of carbonyl (C=O) groups excluding carboxylic acids is 3. The average molecular weight is 638 g/mol. The first-order valence-corrected chi connectivity index (χ1v) is 17.6. The predicted octanol–water partition coefficient (Wildman–Crippen LogP) is 8.35. The van der Waals surface area contributed by atoms with Crippen molar-refractivity contribution in [1.82, 2.24) is 19.8 Å². The Bertz CT molecular complexity index is 1280. The first-order chi connectivity index (χ1) is 22.4. The van der Waals surface area contributed by atoms with Crippen molar-refractivity contribution in [3.8, 4) is 11.4 Å². The van der Waals surface area contributed by atoms with Crippen LogP contribution in [0.4, 0.5) is 5.69 Å². The van der Waals surface area contributed by atoms with Crippen molar-refractivity contribution in [3.05, 3.63) is 36.0 Å². The molecule has 0 saturated heterocycles. The van der Waals surface area contributed by atoms with Crippen molar-refractivity contribution >= 4 is 29.2 Å². The van der Waals surface area contributed by atoms with Crippen LogP contribution >= 0.6 is 0 Å². The maximum absolute atomic E-state index is 13.3. The Hall–Kier alpha value is -3.69. The number of unbranched alkanes of at least 4 members (excludes halogenated alkanes) is 14. The number of nitrogens with one attached hydrogen (secondary N) is 2. The third kappa shape index (κ3) is 13.3. The zero-order valence-electron chi connectivity index (χ0n) is 28.3. The number of aromatic nitrogens is 4. The molecule has 1 aromatic carbocycles. The van der Waals surface area contributed by atoms with Crippen molar-refractivity contribution in [2.75, 3.05) is 18.5 Å². The highest BCUT2D eigenvalue weighted by Crippen LogP contribution is 2.21. The summed E-state index contributed by atoms with van der Waals surface area (Å²) in [4.78, 5) is 43.6. The minimum absolute atomic E-state index is 0.227. The van der Waals surface area contributed by atoms with Crippen molar-refractivity contribution in [1.29, 1.82) is 0 Å². The van der Waals surface area contributed by atoms with E-state index >= 15 is 0 Å². The van der Waals surface area contributed by atoms with E-state index in [0.717, 1.165) is 49.8 Å². The number of carbonyl (C=O) groups is 3. The first kappa shape index (κ1) is 36.8. The molecule has 0 fully saturated rings. The number of amides is 1. The topological polar surface area (TPSA) is 128 Å². The Morgan fingerprint density at radius 3 is 1.89 bits per heavy atom. The molecule has 3 rings (SSSR count). The molecule has 1 amide bonds. The van der Waals surface area contributed by atoms with E-state index in [2.05, 4.69) is 34.3 Å². The number of ether oxygens (including phenoxy) is 2. The fraction of sp³-hybridized carbons (Fsp3) is 0.639. The molecule has 0 aliphatic carbocycles. The summed E-state index contributed by atoms with van der Waals surface area (Å²) in [7, 11) is 0. The lowest BCUT2D eigenvalue weighted by Gasteiger charge is -2.16. The number of hydrogen-bond acceptors (Lipinski definition) is 7. The molecule has 10 heteroatoms. The first-order valence-electron chi connectivity index (χ1n) is 17.6. The molecule has 1 atom stereocenters. The molecular formula is C36H55N5O5. The number of esters is 2. The number of benzene rings is 1. The molecule has 2 N–H and O–H groups in total. The van der Waals surface area contributed by atoms with Crippen LogP contribution < -0.4 is 5.32 Å². The maximum Gasteiger partial charge on any atom is 0.319 e. The third-order valence-corrected chi connectivity index (χ3v) is 8.15. The molecule has 0 aliphatic rings. The van der Waals surface area contributed by atoms with Gasteiger partial charge >= 0.3 is 11.9 Å². The molecule has 0 spiro atoms. The molecule has 3 aromatic rings. The normalized spacial score (nSPS) is 11.9. The average Bonchev–Trinajstić information content (AvgIpc) is 3.60. The summed E-state index contributed by atoms with van der Waals surface area (Å²) in [5.74, 6) is -2.61. The monoisotopic (exact) mass is 637 g/mol. The second-order valence-corrected chi connectivity index (χ2v) is 12.3. The van der Waals surface area contributed by atoms with Crippen LogP contribution in [0.3, 0.4) is 0 Å². The van der Waals surface area contributed by atoms with Crippen molar-refractivity contribution < 1.29 is 23.9 Å². The molecule has 254 valence electrons. The van der Waals surface area contributed by atoms with Crippen LogP contribution in [0.25, 0.3) is 17.0 Å². The van der Waals surface area contributed by atoms with Crippen LogP contribution in [0.1, 0.15) is 129 Å². The molecule has 2 aromatic heterocycles. The van der Waals surface area contributed by atoms with Gasteiger partial charge in [-0.05, 0) is 44.0 Å². The minimum atomic E-state index is -1.29. The van der Waals surface area contributed by atoms with Gasteiger partial charge < -0.3 is 14.8 Å². The SMILES string of the molecule is CCCCCCCCCCOC(=O)CC(C(=O)Nc1ccc(-c2nc3cc(C)[nH]n3n2)cc1)C(=O)OCCCCCCCCCC. The fourth-order valence-electron chi connectivity index (χ4n) is 5.39. The number of H-pyrrole nitrogens is 1. The Morgan fingerprint density at radius 2 is 1.33 bits per heavy atom. The molecule has 1 unspecified atom stereocenters. The second-order valence-electron chi connectivity index (χ2n) is 12.3. The Balaban J connectivity index is 1.50. The summed E-state index contributed by atoms with van der Waals surface area (Å²) in [5.41, 5.74) is 2.94. The van der Waals surface area contributed by atoms with Gasteiger partial charge in [0.1, 0.15) is 5.92 Å². The Kier molecular flexibility index (Phi) is 16.9. The highest BCUT2D eigenvalue weighted by atomic mass is 16.5. The van der Waals surface area contributed by atoms with Gasteiger partial charge in [-0.3, -0.25) is 19.5 Å². The molecule has 0 bridgehead atoms. The van der Waals surface area contributed by atoms with Crippen LogP contribution in [-0.2, 0) is 23.9 Å². The van der Waals surface area contributed by atoms with E-state index in [1.54, 1.807) is 28.9 Å². The lowest BCUT2D eigenvalue weighted by atomic mass is 10.0. The summed E-state index contributed by atoms with van der Waals surface area (Å²) in [6.45, 7) is 6.86.